The van der Waals surface area contributed by atoms with Crippen molar-refractivity contribution >= 4 is 17.8 Å². The summed E-state index contributed by atoms with van der Waals surface area (Å²) in [6, 6.07) is -0.425. The number of hydrogen-bond donors (Lipinski definition) is 2. The van der Waals surface area contributed by atoms with Gasteiger partial charge in [0.25, 0.3) is 0 Å². The molecule has 1 heterocycles. The number of aliphatic carboxylic acids is 1. The molecule has 6 heteroatoms. The fourth-order valence-electron chi connectivity index (χ4n) is 2.69. The van der Waals surface area contributed by atoms with Gasteiger partial charge in [-0.2, -0.15) is 0 Å². The zero-order chi connectivity index (χ0) is 13.3. The Balaban J connectivity index is 1.86. The van der Waals surface area contributed by atoms with E-state index >= 15 is 0 Å². The molecule has 0 radical (unpaired) electrons. The first kappa shape index (κ1) is 12.9. The Kier molecular flexibility index (Phi) is 3.54. The molecular weight excluding hydrogens is 236 g/mol. The number of carbonyl (C=O) groups excluding carboxylic acids is 2. The smallest absolute Gasteiger partial charge is 0.306 e. The summed E-state index contributed by atoms with van der Waals surface area (Å²) in [4.78, 5) is 36.0. The van der Waals surface area contributed by atoms with Crippen molar-refractivity contribution in [2.45, 2.75) is 31.7 Å². The van der Waals surface area contributed by atoms with E-state index in [-0.39, 0.29) is 17.7 Å². The average molecular weight is 254 g/mol. The van der Waals surface area contributed by atoms with Crippen LogP contribution in [-0.2, 0) is 14.4 Å². The Labute approximate surface area is 105 Å². The normalized spacial score (nSPS) is 31.7. The molecule has 6 nitrogen and oxygen atoms in total. The van der Waals surface area contributed by atoms with Crippen LogP contribution in [0, 0.1) is 11.8 Å². The van der Waals surface area contributed by atoms with Gasteiger partial charge in [0.15, 0.2) is 0 Å². The van der Waals surface area contributed by atoms with Gasteiger partial charge in [0.05, 0.1) is 5.92 Å². The average Bonchev–Trinajstić information content (AvgIpc) is 2.91. The van der Waals surface area contributed by atoms with E-state index in [1.165, 1.54) is 0 Å². The van der Waals surface area contributed by atoms with Crippen molar-refractivity contribution in [2.75, 3.05) is 13.6 Å². The maximum Gasteiger partial charge on any atom is 0.306 e. The number of likely N-dealkylation sites (tertiary alicyclic amines) is 1. The van der Waals surface area contributed by atoms with Gasteiger partial charge in [0.1, 0.15) is 6.04 Å². The van der Waals surface area contributed by atoms with Crippen LogP contribution < -0.4 is 5.32 Å². The number of amides is 2. The molecule has 0 aromatic rings. The first-order valence-corrected chi connectivity index (χ1v) is 6.27. The van der Waals surface area contributed by atoms with E-state index in [0.29, 0.717) is 32.2 Å². The fraction of sp³-hybridized carbons (Fsp3) is 0.750. The maximum absolute atomic E-state index is 11.9. The van der Waals surface area contributed by atoms with Crippen molar-refractivity contribution < 1.29 is 19.5 Å². The molecule has 1 aliphatic heterocycles. The van der Waals surface area contributed by atoms with Crippen LogP contribution in [0.3, 0.4) is 0 Å². The topological polar surface area (TPSA) is 86.7 Å². The Morgan fingerprint density at radius 2 is 1.94 bits per heavy atom. The quantitative estimate of drug-likeness (QED) is 0.732. The fourth-order valence-corrected chi connectivity index (χ4v) is 2.69. The van der Waals surface area contributed by atoms with Gasteiger partial charge in [-0.25, -0.2) is 0 Å². The van der Waals surface area contributed by atoms with Gasteiger partial charge >= 0.3 is 5.97 Å². The molecule has 100 valence electrons. The highest BCUT2D eigenvalue weighted by atomic mass is 16.4. The van der Waals surface area contributed by atoms with E-state index in [0.717, 1.165) is 0 Å². The molecule has 18 heavy (non-hydrogen) atoms. The summed E-state index contributed by atoms with van der Waals surface area (Å²) in [5.74, 6) is -1.74. The Bertz CT molecular complexity index is 382. The van der Waals surface area contributed by atoms with Crippen LogP contribution in [0.25, 0.3) is 0 Å². The number of likely N-dealkylation sites (N-methyl/N-ethyl adjacent to an activating group) is 1. The lowest BCUT2D eigenvalue weighted by Gasteiger charge is -2.15. The second-order valence-corrected chi connectivity index (χ2v) is 5.15. The molecule has 1 unspecified atom stereocenters. The number of hydrogen-bond acceptors (Lipinski definition) is 3. The highest BCUT2D eigenvalue weighted by Gasteiger charge is 2.37. The van der Waals surface area contributed by atoms with Crippen LogP contribution in [0.1, 0.15) is 25.7 Å². The van der Waals surface area contributed by atoms with Gasteiger partial charge in [0, 0.05) is 19.5 Å². The molecule has 2 aliphatic rings. The number of carboxylic acids is 1. The zero-order valence-electron chi connectivity index (χ0n) is 10.4. The molecule has 2 rings (SSSR count). The van der Waals surface area contributed by atoms with E-state index in [9.17, 15) is 14.4 Å². The Morgan fingerprint density at radius 3 is 2.44 bits per heavy atom. The molecule has 2 amide bonds. The molecule has 1 aliphatic carbocycles. The van der Waals surface area contributed by atoms with Crippen LogP contribution in [-0.4, -0.2) is 47.4 Å². The summed E-state index contributed by atoms with van der Waals surface area (Å²) in [5, 5.41) is 11.6. The molecule has 2 N–H and O–H groups in total. The van der Waals surface area contributed by atoms with Crippen LogP contribution in [0.5, 0.6) is 0 Å². The van der Waals surface area contributed by atoms with Crippen molar-refractivity contribution in [1.82, 2.24) is 10.2 Å². The maximum atomic E-state index is 11.9. The standard InChI is InChI=1S/C12H18N2O4/c1-14-5-4-9(11(14)16)13-10(15)7-2-3-8(6-7)12(17)18/h7-9H,2-6H2,1H3,(H,13,15)(H,17,18)/t7-,8+,9?/m1/s1. The van der Waals surface area contributed by atoms with Crippen LogP contribution in [0.2, 0.25) is 0 Å². The van der Waals surface area contributed by atoms with E-state index in [1.807, 2.05) is 0 Å². The summed E-state index contributed by atoms with van der Waals surface area (Å²) >= 11 is 0. The predicted molar refractivity (Wildman–Crippen MR) is 62.7 cm³/mol. The molecule has 0 aromatic carbocycles. The largest absolute Gasteiger partial charge is 0.481 e. The highest BCUT2D eigenvalue weighted by molar-refractivity contribution is 5.90. The van der Waals surface area contributed by atoms with Gasteiger partial charge in [-0.15, -0.1) is 0 Å². The molecule has 3 atom stereocenters. The lowest BCUT2D eigenvalue weighted by molar-refractivity contribution is -0.141. The number of rotatable bonds is 3. The summed E-state index contributed by atoms with van der Waals surface area (Å²) in [5.41, 5.74) is 0. The Hall–Kier alpha value is -1.59. The van der Waals surface area contributed by atoms with Crippen LogP contribution in [0.4, 0.5) is 0 Å². The Morgan fingerprint density at radius 1 is 1.28 bits per heavy atom. The van der Waals surface area contributed by atoms with Gasteiger partial charge in [-0.05, 0) is 25.7 Å². The molecule has 0 aromatic heterocycles. The van der Waals surface area contributed by atoms with Crippen LogP contribution >= 0.6 is 0 Å². The van der Waals surface area contributed by atoms with Gasteiger partial charge in [0.2, 0.25) is 11.8 Å². The second kappa shape index (κ2) is 4.96. The molecule has 0 spiro atoms. The zero-order valence-corrected chi connectivity index (χ0v) is 10.4. The lowest BCUT2D eigenvalue weighted by Crippen LogP contribution is -2.43. The minimum Gasteiger partial charge on any atom is -0.481 e. The van der Waals surface area contributed by atoms with E-state index in [1.54, 1.807) is 11.9 Å². The van der Waals surface area contributed by atoms with E-state index in [4.69, 9.17) is 5.11 Å². The third-order valence-electron chi connectivity index (χ3n) is 3.90. The van der Waals surface area contributed by atoms with Crippen molar-refractivity contribution in [2.24, 2.45) is 11.8 Å². The number of carboxylic acid groups (broad SMARTS) is 1. The summed E-state index contributed by atoms with van der Waals surface area (Å²) in [6.45, 7) is 0.659. The summed E-state index contributed by atoms with van der Waals surface area (Å²) in [6.07, 6.45) is 2.17. The minimum atomic E-state index is -0.832. The monoisotopic (exact) mass is 254 g/mol. The van der Waals surface area contributed by atoms with Crippen molar-refractivity contribution in [3.8, 4) is 0 Å². The van der Waals surface area contributed by atoms with Crippen LogP contribution in [0.15, 0.2) is 0 Å². The SMILES string of the molecule is CN1CCC(NC(=O)[C@@H]2CC[C@H](C(=O)O)C2)C1=O. The van der Waals surface area contributed by atoms with Crippen molar-refractivity contribution in [3.05, 3.63) is 0 Å². The first-order valence-electron chi connectivity index (χ1n) is 6.27. The summed E-state index contributed by atoms with van der Waals surface area (Å²) < 4.78 is 0. The number of nitrogens with one attached hydrogen (secondary N) is 1. The van der Waals surface area contributed by atoms with Crippen molar-refractivity contribution in [1.29, 1.82) is 0 Å². The number of nitrogens with zero attached hydrogens (tertiary/aromatic N) is 1. The van der Waals surface area contributed by atoms with Gasteiger partial charge in [-0.3, -0.25) is 14.4 Å². The third kappa shape index (κ3) is 2.47. The van der Waals surface area contributed by atoms with E-state index < -0.39 is 17.9 Å². The molecule has 1 saturated carbocycles. The molecular formula is C12H18N2O4. The summed E-state index contributed by atoms with van der Waals surface area (Å²) in [7, 11) is 1.71. The third-order valence-corrected chi connectivity index (χ3v) is 3.90. The van der Waals surface area contributed by atoms with Gasteiger partial charge in [-0.1, -0.05) is 0 Å². The van der Waals surface area contributed by atoms with Crippen molar-refractivity contribution in [3.63, 3.8) is 0 Å². The molecule has 0 bridgehead atoms. The molecule has 1 saturated heterocycles. The number of carbonyl (C=O) groups is 3. The minimum absolute atomic E-state index is 0.0591. The second-order valence-electron chi connectivity index (χ2n) is 5.15. The molecule has 2 fully saturated rings. The van der Waals surface area contributed by atoms with E-state index in [2.05, 4.69) is 5.32 Å². The van der Waals surface area contributed by atoms with Gasteiger partial charge < -0.3 is 15.3 Å². The predicted octanol–water partition coefficient (Wildman–Crippen LogP) is -0.166. The highest BCUT2D eigenvalue weighted by Crippen LogP contribution is 2.31. The first-order chi connectivity index (χ1) is 8.49. The lowest BCUT2D eigenvalue weighted by atomic mass is 10.0.